The SMILES string of the molecule is N#Cc1ccc(C[C@@H](NC(=O)[C@@H](Cc2ccccc2)NC(=O)OCc2ccccc2)C(=O)O)cc1. The fourth-order valence-electron chi connectivity index (χ4n) is 3.39. The lowest BCUT2D eigenvalue weighted by Crippen LogP contribution is -2.53. The van der Waals surface area contributed by atoms with Crippen molar-refractivity contribution in [3.05, 3.63) is 107 Å². The second kappa shape index (κ2) is 12.6. The predicted molar refractivity (Wildman–Crippen MR) is 128 cm³/mol. The van der Waals surface area contributed by atoms with Crippen LogP contribution in [0.25, 0.3) is 0 Å². The van der Waals surface area contributed by atoms with Crippen molar-refractivity contribution in [1.29, 1.82) is 5.26 Å². The molecule has 0 saturated carbocycles. The second-order valence-corrected chi connectivity index (χ2v) is 7.86. The summed E-state index contributed by atoms with van der Waals surface area (Å²) in [6, 6.07) is 24.3. The third-order valence-electron chi connectivity index (χ3n) is 5.24. The molecule has 0 aromatic heterocycles. The molecule has 0 aliphatic rings. The van der Waals surface area contributed by atoms with Gasteiger partial charge in [0.05, 0.1) is 11.6 Å². The van der Waals surface area contributed by atoms with Crippen molar-refractivity contribution in [1.82, 2.24) is 10.6 Å². The lowest BCUT2D eigenvalue weighted by molar-refractivity contribution is -0.142. The molecule has 0 heterocycles. The molecule has 0 spiro atoms. The molecule has 0 aliphatic heterocycles. The van der Waals surface area contributed by atoms with Crippen molar-refractivity contribution in [2.24, 2.45) is 0 Å². The largest absolute Gasteiger partial charge is 0.480 e. The number of alkyl carbamates (subject to hydrolysis) is 1. The van der Waals surface area contributed by atoms with Gasteiger partial charge in [0, 0.05) is 12.8 Å². The molecule has 0 bridgehead atoms. The van der Waals surface area contributed by atoms with E-state index in [9.17, 15) is 19.5 Å². The Morgan fingerprint density at radius 3 is 1.89 bits per heavy atom. The Morgan fingerprint density at radius 2 is 1.31 bits per heavy atom. The maximum atomic E-state index is 13.1. The lowest BCUT2D eigenvalue weighted by atomic mass is 10.0. The highest BCUT2D eigenvalue weighted by Crippen LogP contribution is 2.09. The Kier molecular flexibility index (Phi) is 8.97. The first kappa shape index (κ1) is 25.0. The van der Waals surface area contributed by atoms with E-state index in [0.29, 0.717) is 11.1 Å². The standard InChI is InChI=1S/C27H25N3O5/c28-17-21-13-11-20(12-14-21)16-24(26(32)33)29-25(31)23(15-19-7-3-1-4-8-19)30-27(34)35-18-22-9-5-2-6-10-22/h1-14,23-24H,15-16,18H2,(H,29,31)(H,30,34)(H,32,33)/t23-,24-/m1/s1. The third-order valence-corrected chi connectivity index (χ3v) is 5.24. The number of nitriles is 1. The van der Waals surface area contributed by atoms with Gasteiger partial charge >= 0.3 is 12.1 Å². The van der Waals surface area contributed by atoms with E-state index in [1.165, 1.54) is 0 Å². The maximum Gasteiger partial charge on any atom is 0.408 e. The van der Waals surface area contributed by atoms with Crippen LogP contribution in [0.4, 0.5) is 4.79 Å². The van der Waals surface area contributed by atoms with E-state index in [1.807, 2.05) is 66.7 Å². The summed E-state index contributed by atoms with van der Waals surface area (Å²) in [5.41, 5.74) is 2.67. The summed E-state index contributed by atoms with van der Waals surface area (Å²) >= 11 is 0. The molecule has 0 aliphatic carbocycles. The van der Waals surface area contributed by atoms with E-state index < -0.39 is 30.1 Å². The van der Waals surface area contributed by atoms with Crippen LogP contribution in [0.5, 0.6) is 0 Å². The second-order valence-electron chi connectivity index (χ2n) is 7.86. The molecule has 8 heteroatoms. The predicted octanol–water partition coefficient (Wildman–Crippen LogP) is 3.21. The molecule has 0 radical (unpaired) electrons. The topological polar surface area (TPSA) is 129 Å². The summed E-state index contributed by atoms with van der Waals surface area (Å²) in [5.74, 6) is -1.86. The monoisotopic (exact) mass is 471 g/mol. The van der Waals surface area contributed by atoms with Crippen molar-refractivity contribution in [3.8, 4) is 6.07 Å². The minimum Gasteiger partial charge on any atom is -0.480 e. The average molecular weight is 472 g/mol. The Bertz CT molecular complexity index is 1170. The summed E-state index contributed by atoms with van der Waals surface area (Å²) in [6.45, 7) is 0.0305. The van der Waals surface area contributed by atoms with Gasteiger partial charge in [0.1, 0.15) is 18.7 Å². The molecule has 2 amide bonds. The van der Waals surface area contributed by atoms with E-state index in [-0.39, 0.29) is 19.4 Å². The summed E-state index contributed by atoms with van der Waals surface area (Å²) in [5, 5.41) is 23.7. The molecule has 3 aromatic carbocycles. The van der Waals surface area contributed by atoms with Gasteiger partial charge in [-0.25, -0.2) is 9.59 Å². The molecule has 2 atom stereocenters. The Morgan fingerprint density at radius 1 is 0.771 bits per heavy atom. The van der Waals surface area contributed by atoms with Crippen molar-refractivity contribution in [3.63, 3.8) is 0 Å². The van der Waals surface area contributed by atoms with Gasteiger partial charge in [-0.1, -0.05) is 72.8 Å². The van der Waals surface area contributed by atoms with Crippen LogP contribution in [-0.4, -0.2) is 35.2 Å². The van der Waals surface area contributed by atoms with Crippen molar-refractivity contribution < 1.29 is 24.2 Å². The average Bonchev–Trinajstić information content (AvgIpc) is 2.88. The van der Waals surface area contributed by atoms with Gasteiger partial charge in [-0.15, -0.1) is 0 Å². The Hall–Kier alpha value is -4.64. The Labute approximate surface area is 203 Å². The first-order chi connectivity index (χ1) is 16.9. The zero-order valence-corrected chi connectivity index (χ0v) is 18.9. The van der Waals surface area contributed by atoms with Crippen LogP contribution in [0.2, 0.25) is 0 Å². The van der Waals surface area contributed by atoms with E-state index >= 15 is 0 Å². The quantitative estimate of drug-likeness (QED) is 0.417. The summed E-state index contributed by atoms with van der Waals surface area (Å²) < 4.78 is 5.24. The number of benzene rings is 3. The number of nitrogens with one attached hydrogen (secondary N) is 2. The fourth-order valence-corrected chi connectivity index (χ4v) is 3.39. The van der Waals surface area contributed by atoms with Crippen LogP contribution in [0, 0.1) is 11.3 Å². The molecule has 178 valence electrons. The van der Waals surface area contributed by atoms with E-state index in [0.717, 1.165) is 11.1 Å². The number of nitrogens with zero attached hydrogens (tertiary/aromatic N) is 1. The zero-order valence-electron chi connectivity index (χ0n) is 18.9. The number of ether oxygens (including phenoxy) is 1. The van der Waals surface area contributed by atoms with Crippen molar-refractivity contribution >= 4 is 18.0 Å². The first-order valence-corrected chi connectivity index (χ1v) is 11.0. The fraction of sp³-hybridized carbons (Fsp3) is 0.185. The number of carboxylic acids is 1. The first-order valence-electron chi connectivity index (χ1n) is 11.0. The highest BCUT2D eigenvalue weighted by Gasteiger charge is 2.27. The third kappa shape index (κ3) is 8.02. The van der Waals surface area contributed by atoms with Gasteiger partial charge in [0.25, 0.3) is 0 Å². The molecule has 0 saturated heterocycles. The number of rotatable bonds is 10. The van der Waals surface area contributed by atoms with E-state index in [4.69, 9.17) is 10.00 Å². The molecule has 0 fully saturated rings. The smallest absolute Gasteiger partial charge is 0.408 e. The van der Waals surface area contributed by atoms with Crippen LogP contribution in [0.15, 0.2) is 84.9 Å². The van der Waals surface area contributed by atoms with E-state index in [1.54, 1.807) is 24.3 Å². The molecule has 3 aromatic rings. The van der Waals surface area contributed by atoms with Gasteiger partial charge in [-0.2, -0.15) is 5.26 Å². The number of carboxylic acid groups (broad SMARTS) is 1. The molecule has 3 N–H and O–H groups in total. The summed E-state index contributed by atoms with van der Waals surface area (Å²) in [6.07, 6.45) is -0.622. The van der Waals surface area contributed by atoms with Crippen LogP contribution in [-0.2, 0) is 33.8 Å². The highest BCUT2D eigenvalue weighted by atomic mass is 16.5. The number of hydrogen-bond donors (Lipinski definition) is 3. The van der Waals surface area contributed by atoms with Gasteiger partial charge in [-0.05, 0) is 28.8 Å². The van der Waals surface area contributed by atoms with E-state index in [2.05, 4.69) is 10.6 Å². The number of hydrogen-bond acceptors (Lipinski definition) is 5. The zero-order chi connectivity index (χ0) is 25.0. The molecule has 3 rings (SSSR count). The molecular formula is C27H25N3O5. The molecule has 0 unspecified atom stereocenters. The maximum absolute atomic E-state index is 13.1. The van der Waals surface area contributed by atoms with Crippen LogP contribution >= 0.6 is 0 Å². The number of carbonyl (C=O) groups is 3. The van der Waals surface area contributed by atoms with Crippen molar-refractivity contribution in [2.45, 2.75) is 31.5 Å². The summed E-state index contributed by atoms with van der Waals surface area (Å²) in [7, 11) is 0. The van der Waals surface area contributed by atoms with Crippen LogP contribution < -0.4 is 10.6 Å². The van der Waals surface area contributed by atoms with Crippen molar-refractivity contribution in [2.75, 3.05) is 0 Å². The number of carbonyl (C=O) groups excluding carboxylic acids is 2. The van der Waals surface area contributed by atoms with Gasteiger partial charge in [-0.3, -0.25) is 4.79 Å². The van der Waals surface area contributed by atoms with Gasteiger partial charge in [0.2, 0.25) is 5.91 Å². The molecule has 8 nitrogen and oxygen atoms in total. The Balaban J connectivity index is 1.69. The minimum absolute atomic E-state index is 0.0172. The summed E-state index contributed by atoms with van der Waals surface area (Å²) in [4.78, 5) is 37.4. The number of amides is 2. The lowest BCUT2D eigenvalue weighted by Gasteiger charge is -2.21. The minimum atomic E-state index is -1.23. The van der Waals surface area contributed by atoms with Gasteiger partial charge in [0.15, 0.2) is 0 Å². The van der Waals surface area contributed by atoms with Gasteiger partial charge < -0.3 is 20.5 Å². The normalized spacial score (nSPS) is 12.0. The number of aliphatic carboxylic acids is 1. The molecule has 35 heavy (non-hydrogen) atoms. The van der Waals surface area contributed by atoms with Crippen LogP contribution in [0.3, 0.4) is 0 Å². The highest BCUT2D eigenvalue weighted by molar-refractivity contribution is 5.89. The molecular weight excluding hydrogens is 446 g/mol. The van der Waals surface area contributed by atoms with Crippen LogP contribution in [0.1, 0.15) is 22.3 Å².